The molecule has 0 heterocycles. The normalized spacial score (nSPS) is 17.8. The fourth-order valence-electron chi connectivity index (χ4n) is 3.83. The highest BCUT2D eigenvalue weighted by Gasteiger charge is 2.57. The van der Waals surface area contributed by atoms with Crippen LogP contribution in [0.3, 0.4) is 0 Å². The molecule has 1 aliphatic carbocycles. The van der Waals surface area contributed by atoms with Gasteiger partial charge in [-0.3, -0.25) is 4.79 Å². The van der Waals surface area contributed by atoms with Gasteiger partial charge >= 0.3 is 7.80 Å². The molecule has 1 atom stereocenters. The van der Waals surface area contributed by atoms with Gasteiger partial charge in [0.2, 0.25) is 10.9 Å². The van der Waals surface area contributed by atoms with Crippen molar-refractivity contribution in [2.24, 2.45) is 5.92 Å². The minimum Gasteiger partial charge on any atom is -0.289 e. The van der Waals surface area contributed by atoms with Gasteiger partial charge in [0.25, 0.3) is 0 Å². The van der Waals surface area contributed by atoms with E-state index >= 15 is 0 Å². The molecule has 120 valence electrons. The molecule has 1 aromatic carbocycles. The molecule has 0 aliphatic heterocycles. The van der Waals surface area contributed by atoms with Gasteiger partial charge in [0, 0.05) is 18.4 Å². The van der Waals surface area contributed by atoms with Crippen LogP contribution in [0.5, 0.6) is 0 Å². The first-order chi connectivity index (χ1) is 10.3. The Kier molecular flexibility index (Phi) is 5.22. The van der Waals surface area contributed by atoms with E-state index in [4.69, 9.17) is 0 Å². The number of rotatable bonds is 5. The Labute approximate surface area is 135 Å². The fourth-order valence-corrected chi connectivity index (χ4v) is 5.99. The molecule has 22 heavy (non-hydrogen) atoms. The molecule has 3 heteroatoms. The van der Waals surface area contributed by atoms with Crippen molar-refractivity contribution in [3.63, 3.8) is 0 Å². The highest BCUT2D eigenvalue weighted by atomic mass is 31.1. The third-order valence-corrected chi connectivity index (χ3v) is 7.43. The summed E-state index contributed by atoms with van der Waals surface area (Å²) in [7, 11) is -1.50. The first-order valence-corrected chi connectivity index (χ1v) is 9.80. The molecule has 2 nitrogen and oxygen atoms in total. The van der Waals surface area contributed by atoms with E-state index in [0.717, 1.165) is 42.4 Å². The second kappa shape index (κ2) is 6.62. The molecule has 0 saturated heterocycles. The summed E-state index contributed by atoms with van der Waals surface area (Å²) in [5, 5.41) is -0.607. The van der Waals surface area contributed by atoms with E-state index < -0.39 is 13.0 Å². The van der Waals surface area contributed by atoms with Crippen LogP contribution in [0.2, 0.25) is 0 Å². The van der Waals surface area contributed by atoms with E-state index in [0.29, 0.717) is 12.1 Å². The standard InChI is InChI=1S/C19H28O2P/c1-13(2)12-22(21)19(8-6-7-9-19)18(20)17-15(4)10-14(3)11-16(17)5/h10-11,13H,6-9,12H2,1-5H3/q+1. The molecule has 0 N–H and O–H groups in total. The Hall–Kier alpha value is -1.01. The number of ketones is 1. The van der Waals surface area contributed by atoms with Gasteiger partial charge in [-0.15, -0.1) is 0 Å². The summed E-state index contributed by atoms with van der Waals surface area (Å²) in [6.45, 7) is 10.2. The number of hydrogen-bond acceptors (Lipinski definition) is 2. The summed E-state index contributed by atoms with van der Waals surface area (Å²) in [4.78, 5) is 13.4. The highest BCUT2D eigenvalue weighted by molar-refractivity contribution is 7.48. The zero-order valence-corrected chi connectivity index (χ0v) is 15.4. The Balaban J connectivity index is 2.46. The van der Waals surface area contributed by atoms with Crippen LogP contribution in [0, 0.1) is 26.7 Å². The number of carbonyl (C=O) groups is 1. The predicted octanol–water partition coefficient (Wildman–Crippen LogP) is 5.59. The molecule has 0 bridgehead atoms. The monoisotopic (exact) mass is 319 g/mol. The van der Waals surface area contributed by atoms with Crippen molar-refractivity contribution in [3.05, 3.63) is 34.4 Å². The lowest BCUT2D eigenvalue weighted by Gasteiger charge is -2.20. The maximum absolute atomic E-state index is 13.4. The predicted molar refractivity (Wildman–Crippen MR) is 93.5 cm³/mol. The maximum Gasteiger partial charge on any atom is 0.353 e. The van der Waals surface area contributed by atoms with Gasteiger partial charge in [-0.2, -0.15) is 0 Å². The molecule has 1 saturated carbocycles. The van der Waals surface area contributed by atoms with Gasteiger partial charge in [0.1, 0.15) is 6.16 Å². The van der Waals surface area contributed by atoms with E-state index in [1.165, 1.54) is 5.56 Å². The topological polar surface area (TPSA) is 34.1 Å². The maximum atomic E-state index is 13.4. The molecule has 0 amide bonds. The smallest absolute Gasteiger partial charge is 0.289 e. The molecule has 0 radical (unpaired) electrons. The third-order valence-electron chi connectivity index (χ3n) is 4.77. The van der Waals surface area contributed by atoms with E-state index in [1.54, 1.807) is 0 Å². The van der Waals surface area contributed by atoms with E-state index in [9.17, 15) is 9.36 Å². The minimum absolute atomic E-state index is 0.141. The molecular weight excluding hydrogens is 291 g/mol. The Morgan fingerprint density at radius 2 is 1.64 bits per heavy atom. The molecule has 1 aromatic rings. The lowest BCUT2D eigenvalue weighted by Crippen LogP contribution is -2.34. The second-order valence-corrected chi connectivity index (χ2v) is 9.27. The second-order valence-electron chi connectivity index (χ2n) is 7.30. The molecule has 1 fully saturated rings. The Morgan fingerprint density at radius 3 is 2.09 bits per heavy atom. The van der Waals surface area contributed by atoms with E-state index in [2.05, 4.69) is 32.9 Å². The number of benzene rings is 1. The van der Waals surface area contributed by atoms with Gasteiger partial charge < -0.3 is 0 Å². The zero-order chi connectivity index (χ0) is 16.5. The minimum atomic E-state index is -1.50. The van der Waals surface area contributed by atoms with Gasteiger partial charge in [-0.1, -0.05) is 36.1 Å². The van der Waals surface area contributed by atoms with Crippen LogP contribution in [0.15, 0.2) is 12.1 Å². The first-order valence-electron chi connectivity index (χ1n) is 8.35. The Bertz CT molecular complexity index is 572. The van der Waals surface area contributed by atoms with Crippen molar-refractivity contribution < 1.29 is 9.36 Å². The van der Waals surface area contributed by atoms with Crippen LogP contribution >= 0.6 is 7.80 Å². The average Bonchev–Trinajstić information content (AvgIpc) is 2.86. The van der Waals surface area contributed by atoms with Crippen molar-refractivity contribution in [2.45, 2.75) is 65.5 Å². The van der Waals surface area contributed by atoms with Crippen LogP contribution in [0.1, 0.15) is 66.6 Å². The van der Waals surface area contributed by atoms with Gasteiger partial charge in [-0.05, 0) is 50.7 Å². The van der Waals surface area contributed by atoms with Crippen LogP contribution in [0.4, 0.5) is 0 Å². The largest absolute Gasteiger partial charge is 0.353 e. The zero-order valence-electron chi connectivity index (χ0n) is 14.5. The molecule has 0 aromatic heterocycles. The van der Waals surface area contributed by atoms with Crippen molar-refractivity contribution >= 4 is 13.6 Å². The molecule has 1 aliphatic rings. The quantitative estimate of drug-likeness (QED) is 0.523. The molecular formula is C19H28O2P+. The summed E-state index contributed by atoms with van der Waals surface area (Å²) in [5.41, 5.74) is 4.06. The van der Waals surface area contributed by atoms with Crippen LogP contribution in [-0.4, -0.2) is 17.1 Å². The first kappa shape index (κ1) is 17.3. The average molecular weight is 319 g/mol. The number of hydrogen-bond donors (Lipinski definition) is 0. The molecule has 0 spiro atoms. The lowest BCUT2D eigenvalue weighted by atomic mass is 9.88. The molecule has 2 rings (SSSR count). The summed E-state index contributed by atoms with van der Waals surface area (Å²) < 4.78 is 13.0. The Morgan fingerprint density at radius 1 is 1.14 bits per heavy atom. The molecule has 1 unspecified atom stereocenters. The highest BCUT2D eigenvalue weighted by Crippen LogP contribution is 2.53. The van der Waals surface area contributed by atoms with Crippen molar-refractivity contribution in [1.82, 2.24) is 0 Å². The van der Waals surface area contributed by atoms with Crippen molar-refractivity contribution in [2.75, 3.05) is 6.16 Å². The van der Waals surface area contributed by atoms with Crippen LogP contribution in [-0.2, 0) is 4.57 Å². The van der Waals surface area contributed by atoms with Gasteiger partial charge in [-0.25, -0.2) is 0 Å². The van der Waals surface area contributed by atoms with Crippen LogP contribution < -0.4 is 0 Å². The number of aryl methyl sites for hydroxylation is 3. The summed E-state index contributed by atoms with van der Waals surface area (Å²) in [6, 6.07) is 4.14. The number of Topliss-reactive ketones (excluding diaryl/α,β-unsaturated/α-hetero) is 1. The van der Waals surface area contributed by atoms with Gasteiger partial charge in [0.15, 0.2) is 0 Å². The number of carbonyl (C=O) groups excluding carboxylic acids is 1. The summed E-state index contributed by atoms with van der Waals surface area (Å²) >= 11 is 0. The third kappa shape index (κ3) is 3.18. The van der Waals surface area contributed by atoms with E-state index in [-0.39, 0.29) is 5.78 Å². The van der Waals surface area contributed by atoms with Crippen molar-refractivity contribution in [3.8, 4) is 0 Å². The summed E-state index contributed by atoms with van der Waals surface area (Å²) in [5.74, 6) is 0.510. The van der Waals surface area contributed by atoms with Gasteiger partial charge in [0.05, 0.1) is 0 Å². The fraction of sp³-hybridized carbons (Fsp3) is 0.632. The van der Waals surface area contributed by atoms with E-state index in [1.807, 2.05) is 13.8 Å². The lowest BCUT2D eigenvalue weighted by molar-refractivity contribution is 0.0939. The SMILES string of the molecule is Cc1cc(C)c(C(=O)C2([P+](=O)CC(C)C)CCCC2)c(C)c1. The van der Waals surface area contributed by atoms with Crippen molar-refractivity contribution in [1.29, 1.82) is 0 Å². The summed E-state index contributed by atoms with van der Waals surface area (Å²) in [6.07, 6.45) is 4.29. The van der Waals surface area contributed by atoms with Crippen LogP contribution in [0.25, 0.3) is 0 Å².